The number of fused-ring (bicyclic) bond motifs is 3. The molecule has 0 unspecified atom stereocenters. The largest absolute Gasteiger partial charge is 0.339 e. The highest BCUT2D eigenvalue weighted by atomic mass is 79.9. The number of H-pyrrole nitrogens is 1. The maximum atomic E-state index is 6.08. The molecule has 0 fully saturated rings. The molecule has 1 aromatic carbocycles. The Labute approximate surface area is 98.6 Å². The second-order valence-electron chi connectivity index (χ2n) is 3.18. The molecule has 3 rings (SSSR count). The minimum atomic E-state index is 0.462. The van der Waals surface area contributed by atoms with Crippen molar-refractivity contribution in [2.75, 3.05) is 0 Å². The summed E-state index contributed by atoms with van der Waals surface area (Å²) in [6, 6.07) is 7.92. The van der Waals surface area contributed by atoms with Gasteiger partial charge in [0.25, 0.3) is 0 Å². The number of benzene rings is 1. The Balaban J connectivity index is 2.61. The number of para-hydroxylation sites is 1. The highest BCUT2D eigenvalue weighted by molar-refractivity contribution is 9.10. The van der Waals surface area contributed by atoms with Crippen LogP contribution in [0.25, 0.3) is 21.9 Å². The van der Waals surface area contributed by atoms with Crippen molar-refractivity contribution in [3.8, 4) is 0 Å². The van der Waals surface area contributed by atoms with Gasteiger partial charge >= 0.3 is 0 Å². The third-order valence-corrected chi connectivity index (χ3v) is 2.92. The van der Waals surface area contributed by atoms with Gasteiger partial charge in [0.05, 0.1) is 5.39 Å². The molecule has 2 heterocycles. The second-order valence-corrected chi connectivity index (χ2v) is 4.24. The highest BCUT2D eigenvalue weighted by Gasteiger charge is 2.10. The summed E-state index contributed by atoms with van der Waals surface area (Å²) in [6.07, 6.45) is 0. The Morgan fingerprint density at radius 3 is 2.87 bits per heavy atom. The molecule has 15 heavy (non-hydrogen) atoms. The predicted molar refractivity (Wildman–Crippen MR) is 64.1 cm³/mol. The summed E-state index contributed by atoms with van der Waals surface area (Å²) >= 11 is 9.30. The average Bonchev–Trinajstić information content (AvgIpc) is 2.54. The summed E-state index contributed by atoms with van der Waals surface area (Å²) in [5.41, 5.74) is 1.77. The van der Waals surface area contributed by atoms with Gasteiger partial charge in [-0.05, 0) is 22.0 Å². The molecule has 0 amide bonds. The molecule has 0 radical (unpaired) electrons. The standard InChI is InChI=1S/C10H5BrClN3/c11-10-14-8(12)7-5-3-1-2-4-6(5)13-9(7)15-10/h1-4H,(H,13,14,15). The minimum absolute atomic E-state index is 0.462. The third-order valence-electron chi connectivity index (χ3n) is 2.29. The number of hydrogen-bond acceptors (Lipinski definition) is 2. The summed E-state index contributed by atoms with van der Waals surface area (Å²) in [5.74, 6) is 0. The van der Waals surface area contributed by atoms with Gasteiger partial charge in [0, 0.05) is 10.9 Å². The van der Waals surface area contributed by atoms with E-state index in [2.05, 4.69) is 30.9 Å². The van der Waals surface area contributed by atoms with Crippen molar-refractivity contribution in [3.63, 3.8) is 0 Å². The van der Waals surface area contributed by atoms with Gasteiger partial charge in [-0.2, -0.15) is 0 Å². The fraction of sp³-hybridized carbons (Fsp3) is 0. The van der Waals surface area contributed by atoms with Crippen molar-refractivity contribution in [2.24, 2.45) is 0 Å². The van der Waals surface area contributed by atoms with E-state index < -0.39 is 0 Å². The molecule has 3 nitrogen and oxygen atoms in total. The first-order valence-corrected chi connectivity index (χ1v) is 5.52. The lowest BCUT2D eigenvalue weighted by Crippen LogP contribution is -1.84. The number of nitrogens with one attached hydrogen (secondary N) is 1. The topological polar surface area (TPSA) is 41.6 Å². The van der Waals surface area contributed by atoms with E-state index in [1.165, 1.54) is 0 Å². The van der Waals surface area contributed by atoms with E-state index in [9.17, 15) is 0 Å². The molecule has 0 aliphatic heterocycles. The van der Waals surface area contributed by atoms with Crippen LogP contribution in [-0.4, -0.2) is 15.0 Å². The molecule has 74 valence electrons. The number of aromatic nitrogens is 3. The molecular weight excluding hydrogens is 277 g/mol. The van der Waals surface area contributed by atoms with E-state index in [4.69, 9.17) is 11.6 Å². The van der Waals surface area contributed by atoms with Crippen LogP contribution in [0.2, 0.25) is 5.15 Å². The lowest BCUT2D eigenvalue weighted by molar-refractivity contribution is 1.15. The summed E-state index contributed by atoms with van der Waals surface area (Å²) in [5, 5.41) is 2.38. The van der Waals surface area contributed by atoms with Gasteiger partial charge in [0.1, 0.15) is 10.8 Å². The molecule has 3 aromatic rings. The summed E-state index contributed by atoms with van der Waals surface area (Å²) in [4.78, 5) is 11.5. The molecule has 0 saturated carbocycles. The number of aromatic amines is 1. The van der Waals surface area contributed by atoms with Crippen molar-refractivity contribution >= 4 is 49.5 Å². The van der Waals surface area contributed by atoms with Crippen LogP contribution in [0.15, 0.2) is 29.0 Å². The van der Waals surface area contributed by atoms with Crippen LogP contribution < -0.4 is 0 Å². The molecule has 0 atom stereocenters. The maximum absolute atomic E-state index is 6.08. The van der Waals surface area contributed by atoms with Crippen LogP contribution in [0.3, 0.4) is 0 Å². The molecule has 0 bridgehead atoms. The van der Waals surface area contributed by atoms with Crippen molar-refractivity contribution in [1.29, 1.82) is 0 Å². The van der Waals surface area contributed by atoms with E-state index in [-0.39, 0.29) is 0 Å². The van der Waals surface area contributed by atoms with Crippen LogP contribution in [0.5, 0.6) is 0 Å². The van der Waals surface area contributed by atoms with E-state index in [0.29, 0.717) is 9.89 Å². The van der Waals surface area contributed by atoms with Gasteiger partial charge in [0.15, 0.2) is 4.73 Å². The quantitative estimate of drug-likeness (QED) is 0.506. The van der Waals surface area contributed by atoms with Crippen LogP contribution >= 0.6 is 27.5 Å². The van der Waals surface area contributed by atoms with Gasteiger partial charge in [-0.25, -0.2) is 9.97 Å². The molecule has 0 saturated heterocycles. The van der Waals surface area contributed by atoms with E-state index in [1.807, 2.05) is 24.3 Å². The molecule has 0 spiro atoms. The number of rotatable bonds is 0. The van der Waals surface area contributed by atoms with Gasteiger partial charge in [0.2, 0.25) is 0 Å². The Kier molecular flexibility index (Phi) is 1.94. The van der Waals surface area contributed by atoms with Crippen molar-refractivity contribution in [3.05, 3.63) is 34.2 Å². The van der Waals surface area contributed by atoms with E-state index in [1.54, 1.807) is 0 Å². The molecular formula is C10H5BrClN3. The van der Waals surface area contributed by atoms with Crippen molar-refractivity contribution < 1.29 is 0 Å². The fourth-order valence-electron chi connectivity index (χ4n) is 1.67. The van der Waals surface area contributed by atoms with E-state index in [0.717, 1.165) is 21.9 Å². The predicted octanol–water partition coefficient (Wildman–Crippen LogP) is 3.53. The molecule has 2 aromatic heterocycles. The number of halogens is 2. The monoisotopic (exact) mass is 281 g/mol. The SMILES string of the molecule is Clc1nc(Br)nc2[nH]c3ccccc3c12. The summed E-state index contributed by atoms with van der Waals surface area (Å²) in [7, 11) is 0. The first-order valence-electron chi connectivity index (χ1n) is 4.35. The van der Waals surface area contributed by atoms with E-state index >= 15 is 0 Å². The van der Waals surface area contributed by atoms with Crippen LogP contribution in [0.4, 0.5) is 0 Å². The Bertz CT molecular complexity index is 662. The van der Waals surface area contributed by atoms with Crippen LogP contribution in [-0.2, 0) is 0 Å². The zero-order valence-electron chi connectivity index (χ0n) is 7.46. The minimum Gasteiger partial charge on any atom is -0.339 e. The number of nitrogens with zero attached hydrogens (tertiary/aromatic N) is 2. The maximum Gasteiger partial charge on any atom is 0.200 e. The summed E-state index contributed by atoms with van der Waals surface area (Å²) in [6.45, 7) is 0. The highest BCUT2D eigenvalue weighted by Crippen LogP contribution is 2.29. The third kappa shape index (κ3) is 1.33. The number of hydrogen-bond donors (Lipinski definition) is 1. The first-order chi connectivity index (χ1) is 7.25. The average molecular weight is 283 g/mol. The summed E-state index contributed by atoms with van der Waals surface area (Å²) < 4.78 is 0.492. The Hall–Kier alpha value is -1.13. The zero-order chi connectivity index (χ0) is 10.4. The molecule has 0 aliphatic carbocycles. The Morgan fingerprint density at radius 2 is 2.00 bits per heavy atom. The lowest BCUT2D eigenvalue weighted by Gasteiger charge is -1.94. The first kappa shape index (κ1) is 9.12. The smallest absolute Gasteiger partial charge is 0.200 e. The fourth-order valence-corrected chi connectivity index (χ4v) is 2.40. The Morgan fingerprint density at radius 1 is 1.20 bits per heavy atom. The van der Waals surface area contributed by atoms with Gasteiger partial charge in [-0.1, -0.05) is 29.8 Å². The van der Waals surface area contributed by atoms with Gasteiger partial charge in [-0.3, -0.25) is 0 Å². The molecule has 1 N–H and O–H groups in total. The van der Waals surface area contributed by atoms with Crippen molar-refractivity contribution in [1.82, 2.24) is 15.0 Å². The zero-order valence-corrected chi connectivity index (χ0v) is 9.80. The molecule has 0 aliphatic rings. The molecule has 5 heteroatoms. The van der Waals surface area contributed by atoms with Crippen molar-refractivity contribution in [2.45, 2.75) is 0 Å². The second kappa shape index (κ2) is 3.18. The van der Waals surface area contributed by atoms with Crippen LogP contribution in [0, 0.1) is 0 Å². The van der Waals surface area contributed by atoms with Crippen LogP contribution in [0.1, 0.15) is 0 Å². The van der Waals surface area contributed by atoms with Gasteiger partial charge in [-0.15, -0.1) is 0 Å². The lowest BCUT2D eigenvalue weighted by atomic mass is 10.2. The van der Waals surface area contributed by atoms with Gasteiger partial charge < -0.3 is 4.98 Å². The normalized spacial score (nSPS) is 11.3.